The summed E-state index contributed by atoms with van der Waals surface area (Å²) >= 11 is 0. The van der Waals surface area contributed by atoms with Crippen LogP contribution in [0.2, 0.25) is 0 Å². The first kappa shape index (κ1) is 29.2. The molecular weight excluding hydrogens is 585 g/mol. The summed E-state index contributed by atoms with van der Waals surface area (Å²) in [5, 5.41) is 6.33. The minimum Gasteiger partial charge on any atom is -0.451 e. The van der Waals surface area contributed by atoms with Gasteiger partial charge in [0.2, 0.25) is 5.43 Å². The highest BCUT2D eigenvalue weighted by Gasteiger charge is 2.31. The number of carbonyl (C=O) groups excluding carboxylic acids is 1. The van der Waals surface area contributed by atoms with E-state index in [9.17, 15) is 9.59 Å². The molecule has 0 spiro atoms. The third kappa shape index (κ3) is 5.24. The van der Waals surface area contributed by atoms with Crippen molar-refractivity contribution in [2.75, 3.05) is 70.9 Å². The van der Waals surface area contributed by atoms with Crippen molar-refractivity contribution in [1.82, 2.24) is 19.7 Å². The summed E-state index contributed by atoms with van der Waals surface area (Å²) in [6, 6.07) is 13.6. The first-order valence-electron chi connectivity index (χ1n) is 16.4. The van der Waals surface area contributed by atoms with Gasteiger partial charge in [-0.25, -0.2) is 4.39 Å². The minimum absolute atomic E-state index is 0.0146. The lowest BCUT2D eigenvalue weighted by Gasteiger charge is -2.28. The number of morpholine rings is 1. The van der Waals surface area contributed by atoms with Crippen molar-refractivity contribution in [3.8, 4) is 28.3 Å². The van der Waals surface area contributed by atoms with Crippen LogP contribution in [0.5, 0.6) is 11.5 Å². The molecule has 2 N–H and O–H groups in total. The van der Waals surface area contributed by atoms with Gasteiger partial charge in [0.05, 0.1) is 24.3 Å². The van der Waals surface area contributed by atoms with Gasteiger partial charge in [0.1, 0.15) is 16.8 Å². The van der Waals surface area contributed by atoms with Crippen LogP contribution < -0.4 is 20.8 Å². The molecule has 9 nitrogen and oxygen atoms in total. The first-order valence-corrected chi connectivity index (χ1v) is 16.4. The molecule has 0 atom stereocenters. The van der Waals surface area contributed by atoms with Crippen LogP contribution in [-0.4, -0.2) is 85.8 Å². The molecule has 238 valence electrons. The third-order valence-electron chi connectivity index (χ3n) is 9.75. The molecule has 8 rings (SSSR count). The molecule has 3 aliphatic heterocycles. The second kappa shape index (κ2) is 12.2. The summed E-state index contributed by atoms with van der Waals surface area (Å²) in [6.07, 6.45) is 5.51. The number of fused-ring (bicyclic) bond motifs is 5. The highest BCUT2D eigenvalue weighted by Crippen LogP contribution is 2.48. The number of aromatic nitrogens is 1. The molecule has 4 aliphatic rings. The van der Waals surface area contributed by atoms with Crippen LogP contribution >= 0.6 is 0 Å². The Morgan fingerprint density at radius 2 is 1.72 bits per heavy atom. The summed E-state index contributed by atoms with van der Waals surface area (Å²) in [5.74, 6) is -0.211. The summed E-state index contributed by atoms with van der Waals surface area (Å²) < 4.78 is 29.8. The summed E-state index contributed by atoms with van der Waals surface area (Å²) in [7, 11) is 0. The Hall–Kier alpha value is -4.25. The molecule has 1 amide bonds. The number of nitrogens with zero attached hydrogens (tertiary/aromatic N) is 3. The molecule has 3 aromatic carbocycles. The van der Waals surface area contributed by atoms with E-state index in [1.165, 1.54) is 11.6 Å². The number of likely N-dealkylation sites (tertiary alicyclic amines) is 1. The van der Waals surface area contributed by atoms with Gasteiger partial charge in [-0.1, -0.05) is 24.3 Å². The second-order valence-corrected chi connectivity index (χ2v) is 12.7. The SMILES string of the molecule is O=C(NCCN1CCCC1)c1cn2c3c(c(NCCCN4CCOCC4)c(F)cc3c1=O)Oc1cc3c(cc1-2)-c1ccccc1C3. The lowest BCUT2D eigenvalue weighted by Crippen LogP contribution is -2.37. The molecule has 2 fully saturated rings. The average molecular weight is 624 g/mol. The van der Waals surface area contributed by atoms with Crippen LogP contribution in [0.4, 0.5) is 10.1 Å². The number of carbonyl (C=O) groups is 1. The lowest BCUT2D eigenvalue weighted by atomic mass is 10.0. The molecule has 46 heavy (non-hydrogen) atoms. The van der Waals surface area contributed by atoms with Gasteiger partial charge < -0.3 is 29.6 Å². The monoisotopic (exact) mass is 623 g/mol. The van der Waals surface area contributed by atoms with Gasteiger partial charge in [-0.2, -0.15) is 0 Å². The molecule has 1 aliphatic carbocycles. The second-order valence-electron chi connectivity index (χ2n) is 12.7. The smallest absolute Gasteiger partial charge is 0.256 e. The fourth-order valence-electron chi connectivity index (χ4n) is 7.34. The van der Waals surface area contributed by atoms with Crippen LogP contribution in [0.15, 0.2) is 53.5 Å². The molecule has 0 radical (unpaired) electrons. The Kier molecular flexibility index (Phi) is 7.72. The number of anilines is 1. The topological polar surface area (TPSA) is 88.1 Å². The molecule has 2 saturated heterocycles. The molecule has 4 heterocycles. The summed E-state index contributed by atoms with van der Waals surface area (Å²) in [6.45, 7) is 7.87. The third-order valence-corrected chi connectivity index (χ3v) is 9.75. The van der Waals surface area contributed by atoms with Crippen molar-refractivity contribution >= 4 is 22.5 Å². The molecule has 4 aromatic rings. The number of benzene rings is 3. The maximum Gasteiger partial charge on any atom is 0.256 e. The quantitative estimate of drug-likeness (QED) is 0.225. The van der Waals surface area contributed by atoms with E-state index in [1.807, 2.05) is 22.8 Å². The fourth-order valence-corrected chi connectivity index (χ4v) is 7.34. The first-order chi connectivity index (χ1) is 22.5. The summed E-state index contributed by atoms with van der Waals surface area (Å²) in [4.78, 5) is 32.0. The van der Waals surface area contributed by atoms with Gasteiger partial charge in [0.25, 0.3) is 5.91 Å². The standard InChI is InChI=1S/C36H38FN5O4/c37-29-20-27-33-35(32(29)38-8-5-12-41-14-16-45-17-15-41)46-31-19-24-18-23-6-1-2-7-25(23)26(24)21-30(31)42(33)22-28(34(27)43)36(44)39-9-13-40-10-3-4-11-40/h1-2,6-7,19-22,38H,3-5,8-18H2,(H,39,44). The maximum atomic E-state index is 15.9. The Balaban J connectivity index is 1.18. The number of nitrogens with one attached hydrogen (secondary N) is 2. The van der Waals surface area contributed by atoms with Crippen LogP contribution in [0, 0.1) is 5.82 Å². The maximum absolute atomic E-state index is 15.9. The van der Waals surface area contributed by atoms with E-state index in [1.54, 1.807) is 6.20 Å². The largest absolute Gasteiger partial charge is 0.451 e. The van der Waals surface area contributed by atoms with Gasteiger partial charge in [0.15, 0.2) is 17.3 Å². The van der Waals surface area contributed by atoms with Crippen molar-refractivity contribution in [1.29, 1.82) is 0 Å². The van der Waals surface area contributed by atoms with Crippen LogP contribution in [-0.2, 0) is 11.2 Å². The molecule has 10 heteroatoms. The Morgan fingerprint density at radius 3 is 2.57 bits per heavy atom. The van der Waals surface area contributed by atoms with Gasteiger partial charge >= 0.3 is 0 Å². The number of amides is 1. The minimum atomic E-state index is -0.582. The van der Waals surface area contributed by atoms with Crippen molar-refractivity contribution in [2.45, 2.75) is 25.7 Å². The zero-order valence-electron chi connectivity index (χ0n) is 25.9. The number of rotatable bonds is 9. The van der Waals surface area contributed by atoms with E-state index >= 15 is 4.39 Å². The Labute approximate surface area is 266 Å². The normalized spacial score (nSPS) is 17.0. The van der Waals surface area contributed by atoms with Gasteiger partial charge in [-0.05, 0) is 85.8 Å². The van der Waals surface area contributed by atoms with Gasteiger partial charge in [-0.15, -0.1) is 0 Å². The molecule has 1 aromatic heterocycles. The Morgan fingerprint density at radius 1 is 0.913 bits per heavy atom. The lowest BCUT2D eigenvalue weighted by molar-refractivity contribution is 0.0378. The van der Waals surface area contributed by atoms with E-state index in [2.05, 4.69) is 38.6 Å². The molecule has 0 saturated carbocycles. The number of halogens is 1. The molecular formula is C36H38FN5O4. The summed E-state index contributed by atoms with van der Waals surface area (Å²) in [5.41, 5.74) is 5.46. The predicted octanol–water partition coefficient (Wildman–Crippen LogP) is 4.77. The molecule has 0 unspecified atom stereocenters. The van der Waals surface area contributed by atoms with E-state index in [0.29, 0.717) is 30.0 Å². The van der Waals surface area contributed by atoms with Gasteiger partial charge in [-0.3, -0.25) is 14.5 Å². The number of pyridine rings is 1. The van der Waals surface area contributed by atoms with E-state index < -0.39 is 17.2 Å². The number of ether oxygens (including phenoxy) is 2. The zero-order chi connectivity index (χ0) is 31.2. The van der Waals surface area contributed by atoms with Gasteiger partial charge in [0, 0.05) is 38.9 Å². The van der Waals surface area contributed by atoms with Crippen molar-refractivity contribution in [3.63, 3.8) is 0 Å². The van der Waals surface area contributed by atoms with E-state index in [4.69, 9.17) is 9.47 Å². The highest BCUT2D eigenvalue weighted by molar-refractivity contribution is 6.01. The zero-order valence-corrected chi connectivity index (χ0v) is 25.9. The van der Waals surface area contributed by atoms with Crippen molar-refractivity contribution in [2.24, 2.45) is 0 Å². The van der Waals surface area contributed by atoms with Crippen LogP contribution in [0.1, 0.15) is 40.7 Å². The fraction of sp³-hybridized carbons (Fsp3) is 0.389. The van der Waals surface area contributed by atoms with E-state index in [0.717, 1.165) is 94.9 Å². The predicted molar refractivity (Wildman–Crippen MR) is 176 cm³/mol. The van der Waals surface area contributed by atoms with Crippen molar-refractivity contribution < 1.29 is 18.7 Å². The van der Waals surface area contributed by atoms with Crippen LogP contribution in [0.3, 0.4) is 0 Å². The number of hydrogen-bond acceptors (Lipinski definition) is 7. The molecule has 0 bridgehead atoms. The van der Waals surface area contributed by atoms with Crippen LogP contribution in [0.25, 0.3) is 27.7 Å². The average Bonchev–Trinajstić information content (AvgIpc) is 3.72. The van der Waals surface area contributed by atoms with Crippen molar-refractivity contribution in [3.05, 3.63) is 81.4 Å². The Bertz CT molecular complexity index is 1890. The van der Waals surface area contributed by atoms with E-state index in [-0.39, 0.29) is 22.4 Å². The number of hydrogen-bond donors (Lipinski definition) is 2. The highest BCUT2D eigenvalue weighted by atomic mass is 19.1.